The Morgan fingerprint density at radius 2 is 2.28 bits per heavy atom. The monoisotopic (exact) mass is 270 g/mol. The van der Waals surface area contributed by atoms with Crippen molar-refractivity contribution in [1.29, 1.82) is 0 Å². The third-order valence-electron chi connectivity index (χ3n) is 2.56. The second-order valence-electron chi connectivity index (χ2n) is 3.94. The lowest BCUT2D eigenvalue weighted by atomic mass is 10.2. The molecule has 100 valence electrons. The number of benzene rings is 1. The largest absolute Gasteiger partial charge is 0.490 e. The summed E-state index contributed by atoms with van der Waals surface area (Å²) in [6, 6.07) is 5.23. The van der Waals surface area contributed by atoms with Crippen molar-refractivity contribution in [1.82, 2.24) is 0 Å². The standard InChI is InChI=1S/C12H18N2O3S/c1-9(7-8-18-3)13-10-5-4-6-11(17-2)12(10)14(15)16/h4-6,9,13H,7-8H2,1-3H3. The van der Waals surface area contributed by atoms with Gasteiger partial charge in [0, 0.05) is 6.04 Å². The molecule has 0 saturated carbocycles. The molecule has 0 spiro atoms. The molecule has 1 N–H and O–H groups in total. The summed E-state index contributed by atoms with van der Waals surface area (Å²) >= 11 is 1.76. The molecule has 0 aliphatic carbocycles. The van der Waals surface area contributed by atoms with Gasteiger partial charge in [-0.2, -0.15) is 11.8 Å². The second-order valence-corrected chi connectivity index (χ2v) is 4.93. The van der Waals surface area contributed by atoms with E-state index < -0.39 is 4.92 Å². The number of hydrogen-bond donors (Lipinski definition) is 1. The number of nitro groups is 1. The number of nitro benzene ring substituents is 1. The average Bonchev–Trinajstić information content (AvgIpc) is 2.35. The molecule has 1 aromatic rings. The highest BCUT2D eigenvalue weighted by atomic mass is 32.2. The Morgan fingerprint density at radius 1 is 1.56 bits per heavy atom. The zero-order valence-electron chi connectivity index (χ0n) is 10.8. The van der Waals surface area contributed by atoms with Crippen LogP contribution in [0.1, 0.15) is 13.3 Å². The van der Waals surface area contributed by atoms with Gasteiger partial charge in [-0.05, 0) is 37.5 Å². The number of para-hydroxylation sites is 1. The minimum atomic E-state index is -0.414. The maximum Gasteiger partial charge on any atom is 0.333 e. The molecule has 0 aliphatic heterocycles. The van der Waals surface area contributed by atoms with E-state index in [1.165, 1.54) is 7.11 Å². The van der Waals surface area contributed by atoms with Gasteiger partial charge in [-0.15, -0.1) is 0 Å². The summed E-state index contributed by atoms with van der Waals surface area (Å²) in [4.78, 5) is 10.7. The van der Waals surface area contributed by atoms with E-state index in [9.17, 15) is 10.1 Å². The van der Waals surface area contributed by atoms with Crippen LogP contribution in [0.4, 0.5) is 11.4 Å². The van der Waals surface area contributed by atoms with Crippen molar-refractivity contribution in [2.45, 2.75) is 19.4 Å². The Morgan fingerprint density at radius 3 is 2.83 bits per heavy atom. The Kier molecular flexibility index (Phi) is 5.77. The maximum atomic E-state index is 11.1. The molecule has 6 heteroatoms. The van der Waals surface area contributed by atoms with E-state index in [1.807, 2.05) is 13.2 Å². The summed E-state index contributed by atoms with van der Waals surface area (Å²) in [6.45, 7) is 2.01. The first-order valence-corrected chi connectivity index (χ1v) is 7.06. The Balaban J connectivity index is 2.90. The highest BCUT2D eigenvalue weighted by molar-refractivity contribution is 7.98. The number of nitrogens with one attached hydrogen (secondary N) is 1. The van der Waals surface area contributed by atoms with Crippen molar-refractivity contribution in [3.8, 4) is 5.75 Å². The van der Waals surface area contributed by atoms with Gasteiger partial charge in [0.2, 0.25) is 0 Å². The van der Waals surface area contributed by atoms with Crippen LogP contribution in [0.25, 0.3) is 0 Å². The predicted molar refractivity (Wildman–Crippen MR) is 75.7 cm³/mol. The van der Waals surface area contributed by atoms with Crippen LogP contribution in [-0.2, 0) is 0 Å². The summed E-state index contributed by atoms with van der Waals surface area (Å²) in [5.41, 5.74) is 0.504. The quantitative estimate of drug-likeness (QED) is 0.609. The molecule has 1 atom stereocenters. The van der Waals surface area contributed by atoms with Crippen molar-refractivity contribution >= 4 is 23.1 Å². The molecule has 1 rings (SSSR count). The Bertz CT molecular complexity index is 412. The van der Waals surface area contributed by atoms with E-state index >= 15 is 0 Å². The predicted octanol–water partition coefficient (Wildman–Crippen LogP) is 3.16. The fourth-order valence-electron chi connectivity index (χ4n) is 1.62. The van der Waals surface area contributed by atoms with Crippen LogP contribution in [0.15, 0.2) is 18.2 Å². The second kappa shape index (κ2) is 7.10. The zero-order chi connectivity index (χ0) is 13.5. The summed E-state index contributed by atoms with van der Waals surface area (Å²) in [7, 11) is 1.43. The van der Waals surface area contributed by atoms with Crippen LogP contribution in [0.3, 0.4) is 0 Å². The van der Waals surface area contributed by atoms with Crippen LogP contribution in [-0.4, -0.2) is 30.1 Å². The number of anilines is 1. The number of nitrogens with zero attached hydrogens (tertiary/aromatic N) is 1. The minimum Gasteiger partial charge on any atom is -0.490 e. The molecule has 18 heavy (non-hydrogen) atoms. The number of ether oxygens (including phenoxy) is 1. The van der Waals surface area contributed by atoms with Crippen molar-refractivity contribution in [3.05, 3.63) is 28.3 Å². The molecule has 5 nitrogen and oxygen atoms in total. The van der Waals surface area contributed by atoms with E-state index in [4.69, 9.17) is 4.74 Å². The molecule has 1 aromatic carbocycles. The Labute approximate surface area is 111 Å². The van der Waals surface area contributed by atoms with Crippen molar-refractivity contribution in [2.75, 3.05) is 24.4 Å². The number of rotatable bonds is 7. The molecule has 0 saturated heterocycles. The van der Waals surface area contributed by atoms with Gasteiger partial charge in [-0.3, -0.25) is 10.1 Å². The van der Waals surface area contributed by atoms with Crippen LogP contribution in [0.5, 0.6) is 5.75 Å². The van der Waals surface area contributed by atoms with Gasteiger partial charge in [-0.25, -0.2) is 0 Å². The Hall–Kier alpha value is -1.43. The third-order valence-corrected chi connectivity index (χ3v) is 3.20. The summed E-state index contributed by atoms with van der Waals surface area (Å²) in [5, 5.41) is 14.2. The highest BCUT2D eigenvalue weighted by Crippen LogP contribution is 2.34. The van der Waals surface area contributed by atoms with Crippen LogP contribution in [0, 0.1) is 10.1 Å². The lowest BCUT2D eigenvalue weighted by Crippen LogP contribution is -2.17. The van der Waals surface area contributed by atoms with E-state index in [2.05, 4.69) is 5.32 Å². The molecule has 1 unspecified atom stereocenters. The van der Waals surface area contributed by atoms with Crippen molar-refractivity contribution in [2.24, 2.45) is 0 Å². The van der Waals surface area contributed by atoms with E-state index in [0.717, 1.165) is 12.2 Å². The molecular formula is C12H18N2O3S. The lowest BCUT2D eigenvalue weighted by molar-refractivity contribution is -0.384. The fourth-order valence-corrected chi connectivity index (χ4v) is 2.21. The van der Waals surface area contributed by atoms with E-state index in [1.54, 1.807) is 30.0 Å². The van der Waals surface area contributed by atoms with Gasteiger partial charge >= 0.3 is 5.69 Å². The number of thioether (sulfide) groups is 1. The molecule has 0 aliphatic rings. The summed E-state index contributed by atoms with van der Waals surface area (Å²) in [5.74, 6) is 1.30. The third kappa shape index (κ3) is 3.80. The van der Waals surface area contributed by atoms with Crippen molar-refractivity contribution < 1.29 is 9.66 Å². The molecule has 0 fully saturated rings. The van der Waals surface area contributed by atoms with Gasteiger partial charge in [0.25, 0.3) is 0 Å². The van der Waals surface area contributed by atoms with Crippen LogP contribution in [0.2, 0.25) is 0 Å². The first-order valence-electron chi connectivity index (χ1n) is 5.67. The number of hydrogen-bond acceptors (Lipinski definition) is 5. The highest BCUT2D eigenvalue weighted by Gasteiger charge is 2.21. The van der Waals surface area contributed by atoms with Crippen LogP contribution >= 0.6 is 11.8 Å². The molecule has 0 bridgehead atoms. The molecule has 0 radical (unpaired) electrons. The van der Waals surface area contributed by atoms with Crippen LogP contribution < -0.4 is 10.1 Å². The van der Waals surface area contributed by atoms with E-state index in [0.29, 0.717) is 5.69 Å². The average molecular weight is 270 g/mol. The van der Waals surface area contributed by atoms with Gasteiger partial charge in [-0.1, -0.05) is 6.07 Å². The van der Waals surface area contributed by atoms with Crippen molar-refractivity contribution in [3.63, 3.8) is 0 Å². The lowest BCUT2D eigenvalue weighted by Gasteiger charge is -2.15. The molecule has 0 amide bonds. The first-order chi connectivity index (χ1) is 8.60. The van der Waals surface area contributed by atoms with Gasteiger partial charge in [0.05, 0.1) is 12.0 Å². The molecular weight excluding hydrogens is 252 g/mol. The van der Waals surface area contributed by atoms with E-state index in [-0.39, 0.29) is 17.5 Å². The smallest absolute Gasteiger partial charge is 0.333 e. The molecule has 0 aromatic heterocycles. The zero-order valence-corrected chi connectivity index (χ0v) is 11.6. The maximum absolute atomic E-state index is 11.1. The molecule has 0 heterocycles. The van der Waals surface area contributed by atoms with Gasteiger partial charge < -0.3 is 10.1 Å². The normalized spacial score (nSPS) is 11.9. The fraction of sp³-hybridized carbons (Fsp3) is 0.500. The van der Waals surface area contributed by atoms with Gasteiger partial charge in [0.1, 0.15) is 5.69 Å². The minimum absolute atomic E-state index is 0.00370. The summed E-state index contributed by atoms with van der Waals surface area (Å²) < 4.78 is 5.02. The summed E-state index contributed by atoms with van der Waals surface area (Å²) in [6.07, 6.45) is 3.00. The SMILES string of the molecule is COc1cccc(NC(C)CCSC)c1[N+](=O)[O-]. The van der Waals surface area contributed by atoms with Gasteiger partial charge in [0.15, 0.2) is 5.75 Å². The first kappa shape index (κ1) is 14.6. The topological polar surface area (TPSA) is 64.4 Å². The number of methoxy groups -OCH3 is 1.